The van der Waals surface area contributed by atoms with E-state index in [4.69, 9.17) is 0 Å². The van der Waals surface area contributed by atoms with Crippen LogP contribution in [0.1, 0.15) is 106 Å². The Morgan fingerprint density at radius 1 is 1.02 bits per heavy atom. The zero-order valence-corrected chi connectivity index (χ0v) is 25.7. The summed E-state index contributed by atoms with van der Waals surface area (Å²) in [5.74, 6) is -0.422. The Labute approximate surface area is 241 Å². The molecule has 3 aromatic rings. The van der Waals surface area contributed by atoms with Gasteiger partial charge in [0, 0.05) is 42.0 Å². The fourth-order valence-corrected chi connectivity index (χ4v) is 7.33. The molecule has 1 aliphatic rings. The summed E-state index contributed by atoms with van der Waals surface area (Å²) in [7, 11) is -4.05. The van der Waals surface area contributed by atoms with E-state index in [1.54, 1.807) is 11.3 Å². The van der Waals surface area contributed by atoms with Crippen molar-refractivity contribution in [1.29, 1.82) is 0 Å². The number of carbonyl (C=O) groups excluding carboxylic acids is 2. The highest BCUT2D eigenvalue weighted by atomic mass is 32.2. The Morgan fingerprint density at radius 2 is 1.65 bits per heavy atom. The van der Waals surface area contributed by atoms with Gasteiger partial charge >= 0.3 is 0 Å². The highest BCUT2D eigenvalue weighted by Crippen LogP contribution is 2.50. The lowest BCUT2D eigenvalue weighted by Gasteiger charge is -2.22. The molecule has 7 nitrogen and oxygen atoms in total. The number of aromatic nitrogens is 1. The number of nitrogens with zero attached hydrogens (tertiary/aromatic N) is 2. The van der Waals surface area contributed by atoms with Crippen LogP contribution in [0.15, 0.2) is 29.6 Å². The first-order valence-electron chi connectivity index (χ1n) is 14.1. The maximum absolute atomic E-state index is 13.0. The summed E-state index contributed by atoms with van der Waals surface area (Å²) >= 11 is 1.61. The zero-order chi connectivity index (χ0) is 29.2. The first-order chi connectivity index (χ1) is 18.9. The van der Waals surface area contributed by atoms with Crippen molar-refractivity contribution < 1.29 is 27.1 Å². The molecule has 1 atom stereocenters. The molecule has 40 heavy (non-hydrogen) atoms. The van der Waals surface area contributed by atoms with Crippen LogP contribution in [0.2, 0.25) is 0 Å². The van der Waals surface area contributed by atoms with E-state index < -0.39 is 10.1 Å². The number of hydrogen-bond acceptors (Lipinski definition) is 6. The van der Waals surface area contributed by atoms with E-state index >= 15 is 0 Å². The molecule has 9 heteroatoms. The number of pyridine rings is 1. The Hall–Kier alpha value is -2.75. The second-order valence-corrected chi connectivity index (χ2v) is 13.4. The molecule has 0 aliphatic carbocycles. The molecule has 1 aliphatic heterocycles. The number of Topliss-reactive ketones (excluding diaryl/α,β-unsaturated/α-hetero) is 2. The molecule has 0 radical (unpaired) electrons. The minimum atomic E-state index is -4.05. The van der Waals surface area contributed by atoms with Crippen LogP contribution in [0.5, 0.6) is 0 Å². The average Bonchev–Trinajstić information content (AvgIpc) is 3.46. The molecule has 0 spiro atoms. The highest BCUT2D eigenvalue weighted by Gasteiger charge is 2.47. The maximum atomic E-state index is 13.0. The van der Waals surface area contributed by atoms with Gasteiger partial charge in [-0.05, 0) is 61.4 Å². The Bertz CT molecular complexity index is 1570. The highest BCUT2D eigenvalue weighted by molar-refractivity contribution is 7.85. The SMILES string of the molecule is CCCC(=O)c1cc(-c2cc3c(c4ccsc24)[N+](CCCS(=O)(=O)O)=C(C)C3(C)CCC)cc(C(=O)CCC)n1. The van der Waals surface area contributed by atoms with Gasteiger partial charge in [0.2, 0.25) is 5.69 Å². The normalized spacial score (nSPS) is 17.1. The molecule has 1 N–H and O–H groups in total. The van der Waals surface area contributed by atoms with Crippen molar-refractivity contribution in [2.24, 2.45) is 0 Å². The van der Waals surface area contributed by atoms with Gasteiger partial charge in [0.1, 0.15) is 17.9 Å². The molecular weight excluding hydrogens is 544 g/mol. The summed E-state index contributed by atoms with van der Waals surface area (Å²) in [6.07, 6.45) is 4.33. The van der Waals surface area contributed by atoms with Gasteiger partial charge in [0.15, 0.2) is 17.3 Å². The van der Waals surface area contributed by atoms with E-state index in [9.17, 15) is 22.6 Å². The lowest BCUT2D eigenvalue weighted by atomic mass is 9.75. The van der Waals surface area contributed by atoms with Crippen LogP contribution < -0.4 is 0 Å². The van der Waals surface area contributed by atoms with Crippen LogP contribution in [0.3, 0.4) is 0 Å². The number of fused-ring (bicyclic) bond motifs is 3. The summed E-state index contributed by atoms with van der Waals surface area (Å²) in [5, 5.41) is 3.10. The van der Waals surface area contributed by atoms with Gasteiger partial charge < -0.3 is 0 Å². The van der Waals surface area contributed by atoms with Crippen LogP contribution in [-0.4, -0.2) is 52.1 Å². The number of ketones is 2. The van der Waals surface area contributed by atoms with E-state index in [1.807, 2.05) is 31.4 Å². The lowest BCUT2D eigenvalue weighted by molar-refractivity contribution is -0.437. The standard InChI is InChI=1S/C31H38N2O5S2/c1-6-10-27(34)25-17-21(18-26(32-25)28(35)11-7-2)23-19-24-29(22-12-15-39-30(22)23)33(14-9-16-40(36,37)38)20(4)31(24,5)13-8-3/h12,15,17-19H,6-11,13-14,16H2,1-5H3/p+1. The monoisotopic (exact) mass is 583 g/mol. The van der Waals surface area contributed by atoms with E-state index in [-0.39, 0.29) is 22.7 Å². The second-order valence-electron chi connectivity index (χ2n) is 10.9. The van der Waals surface area contributed by atoms with Crippen LogP contribution in [0, 0.1) is 0 Å². The zero-order valence-electron chi connectivity index (χ0n) is 24.0. The summed E-state index contributed by atoms with van der Waals surface area (Å²) in [6, 6.07) is 7.95. The average molecular weight is 584 g/mol. The first-order valence-corrected chi connectivity index (χ1v) is 16.6. The molecule has 1 aromatic carbocycles. The van der Waals surface area contributed by atoms with Gasteiger partial charge in [-0.25, -0.2) is 4.98 Å². The van der Waals surface area contributed by atoms with Crippen molar-refractivity contribution >= 4 is 54.5 Å². The minimum absolute atomic E-state index is 0.0662. The Morgan fingerprint density at radius 3 is 2.20 bits per heavy atom. The van der Waals surface area contributed by atoms with Gasteiger partial charge in [-0.2, -0.15) is 13.0 Å². The fraction of sp³-hybridized carbons (Fsp3) is 0.484. The quantitative estimate of drug-likeness (QED) is 0.128. The molecule has 0 amide bonds. The van der Waals surface area contributed by atoms with Crippen molar-refractivity contribution in [3.8, 4) is 11.1 Å². The molecular formula is C31H39N2O5S2+. The topological polar surface area (TPSA) is 104 Å². The van der Waals surface area contributed by atoms with Gasteiger partial charge in [-0.15, -0.1) is 11.3 Å². The number of benzene rings is 1. The van der Waals surface area contributed by atoms with Crippen molar-refractivity contribution in [3.63, 3.8) is 0 Å². The number of thiophene rings is 1. The third-order valence-corrected chi connectivity index (χ3v) is 9.72. The summed E-state index contributed by atoms with van der Waals surface area (Å²) in [6.45, 7) is 10.9. The fourth-order valence-electron chi connectivity index (χ4n) is 5.90. The van der Waals surface area contributed by atoms with Gasteiger partial charge in [0.25, 0.3) is 10.1 Å². The smallest absolute Gasteiger partial charge is 0.265 e. The van der Waals surface area contributed by atoms with Gasteiger partial charge in [-0.1, -0.05) is 27.2 Å². The third-order valence-electron chi connectivity index (χ3n) is 7.97. The summed E-state index contributed by atoms with van der Waals surface area (Å²) in [5.41, 5.74) is 5.53. The molecule has 3 heterocycles. The molecule has 1 unspecified atom stereocenters. The molecule has 2 aromatic heterocycles. The van der Waals surface area contributed by atoms with Gasteiger partial charge in [0.05, 0.1) is 16.6 Å². The van der Waals surface area contributed by atoms with Crippen molar-refractivity contribution in [3.05, 3.63) is 46.6 Å². The molecule has 0 saturated carbocycles. The predicted molar refractivity (Wildman–Crippen MR) is 162 cm³/mol. The van der Waals surface area contributed by atoms with Crippen LogP contribution >= 0.6 is 11.3 Å². The van der Waals surface area contributed by atoms with Crippen molar-refractivity contribution in [2.75, 3.05) is 12.3 Å². The third kappa shape index (κ3) is 5.83. The number of hydrogen-bond donors (Lipinski definition) is 1. The number of rotatable bonds is 13. The van der Waals surface area contributed by atoms with Crippen molar-refractivity contribution in [2.45, 2.75) is 85.0 Å². The molecule has 0 saturated heterocycles. The largest absolute Gasteiger partial charge is 0.292 e. The minimum Gasteiger partial charge on any atom is -0.292 e. The van der Waals surface area contributed by atoms with E-state index in [0.29, 0.717) is 50.0 Å². The van der Waals surface area contributed by atoms with E-state index in [0.717, 1.165) is 51.0 Å². The van der Waals surface area contributed by atoms with Crippen molar-refractivity contribution in [1.82, 2.24) is 4.98 Å². The molecule has 0 bridgehead atoms. The molecule has 4 rings (SSSR count). The Balaban J connectivity index is 1.95. The van der Waals surface area contributed by atoms with Gasteiger partial charge in [-0.3, -0.25) is 14.1 Å². The van der Waals surface area contributed by atoms with Crippen LogP contribution in [0.4, 0.5) is 5.69 Å². The lowest BCUT2D eigenvalue weighted by Crippen LogP contribution is -2.30. The Kier molecular flexibility index (Phi) is 9.07. The van der Waals surface area contributed by atoms with Crippen LogP contribution in [0.25, 0.3) is 21.2 Å². The molecule has 0 fully saturated rings. The maximum Gasteiger partial charge on any atom is 0.265 e. The van der Waals surface area contributed by atoms with Crippen LogP contribution in [-0.2, 0) is 15.5 Å². The predicted octanol–water partition coefficient (Wildman–Crippen LogP) is 7.38. The first kappa shape index (κ1) is 30.2. The molecule has 214 valence electrons. The number of carbonyl (C=O) groups is 2. The van der Waals surface area contributed by atoms with E-state index in [2.05, 4.69) is 42.5 Å². The second kappa shape index (κ2) is 12.0. The van der Waals surface area contributed by atoms with E-state index in [1.165, 1.54) is 0 Å². The summed E-state index contributed by atoms with van der Waals surface area (Å²) in [4.78, 5) is 30.4. The summed E-state index contributed by atoms with van der Waals surface area (Å²) < 4.78 is 35.5.